The van der Waals surface area contributed by atoms with E-state index in [1.54, 1.807) is 19.1 Å². The number of nitrogens with one attached hydrogen (secondary N) is 1. The molecular formula is C10H11N3O2. The first-order chi connectivity index (χ1) is 7.27. The Morgan fingerprint density at radius 3 is 3.20 bits per heavy atom. The number of nitrogens with zero attached hydrogens (tertiary/aromatic N) is 2. The number of rotatable bonds is 4. The van der Waals surface area contributed by atoms with Crippen molar-refractivity contribution in [3.63, 3.8) is 0 Å². The van der Waals surface area contributed by atoms with Crippen LogP contribution in [0.2, 0.25) is 0 Å². The minimum atomic E-state index is -0.356. The maximum Gasteiger partial charge on any atom is 0.325 e. The highest BCUT2D eigenvalue weighted by molar-refractivity contribution is 5.75. The predicted molar refractivity (Wildman–Crippen MR) is 54.1 cm³/mol. The van der Waals surface area contributed by atoms with Crippen LogP contribution in [0.15, 0.2) is 18.3 Å². The highest BCUT2D eigenvalue weighted by atomic mass is 16.5. The maximum atomic E-state index is 11.0. The molecule has 0 aliphatic rings. The molecule has 5 heteroatoms. The van der Waals surface area contributed by atoms with Crippen molar-refractivity contribution in [1.82, 2.24) is 4.98 Å². The number of ether oxygens (including phenoxy) is 1. The zero-order valence-corrected chi connectivity index (χ0v) is 8.36. The zero-order valence-electron chi connectivity index (χ0n) is 8.36. The Labute approximate surface area is 87.7 Å². The van der Waals surface area contributed by atoms with Crippen molar-refractivity contribution in [3.8, 4) is 6.07 Å². The number of esters is 1. The molecule has 1 aromatic rings. The van der Waals surface area contributed by atoms with E-state index in [4.69, 9.17) is 10.00 Å². The normalized spacial score (nSPS) is 9.07. The minimum absolute atomic E-state index is 0.0359. The number of carbonyl (C=O) groups excluding carboxylic acids is 1. The van der Waals surface area contributed by atoms with E-state index in [1.165, 1.54) is 6.20 Å². The summed E-state index contributed by atoms with van der Waals surface area (Å²) >= 11 is 0. The van der Waals surface area contributed by atoms with Gasteiger partial charge in [0.2, 0.25) is 0 Å². The van der Waals surface area contributed by atoms with E-state index in [-0.39, 0.29) is 18.2 Å². The molecule has 1 heterocycles. The number of nitriles is 1. The SMILES string of the molecule is CCOC(=O)CNc1cccnc1C#N. The van der Waals surface area contributed by atoms with Crippen LogP contribution < -0.4 is 5.32 Å². The molecule has 0 atom stereocenters. The van der Waals surface area contributed by atoms with Crippen molar-refractivity contribution in [3.05, 3.63) is 24.0 Å². The van der Waals surface area contributed by atoms with Gasteiger partial charge in [0.25, 0.3) is 0 Å². The number of hydrogen-bond acceptors (Lipinski definition) is 5. The third kappa shape index (κ3) is 3.27. The summed E-state index contributed by atoms with van der Waals surface area (Å²) in [5, 5.41) is 11.5. The zero-order chi connectivity index (χ0) is 11.1. The van der Waals surface area contributed by atoms with Gasteiger partial charge in [-0.25, -0.2) is 4.98 Å². The molecule has 1 rings (SSSR count). The fraction of sp³-hybridized carbons (Fsp3) is 0.300. The van der Waals surface area contributed by atoms with Crippen molar-refractivity contribution >= 4 is 11.7 Å². The number of anilines is 1. The van der Waals surface area contributed by atoms with Gasteiger partial charge in [-0.1, -0.05) is 0 Å². The third-order valence-electron chi connectivity index (χ3n) is 1.64. The third-order valence-corrected chi connectivity index (χ3v) is 1.64. The predicted octanol–water partition coefficient (Wildman–Crippen LogP) is 0.928. The second kappa shape index (κ2) is 5.60. The molecule has 15 heavy (non-hydrogen) atoms. The van der Waals surface area contributed by atoms with Crippen molar-refractivity contribution in [2.45, 2.75) is 6.92 Å². The van der Waals surface area contributed by atoms with Crippen LogP contribution >= 0.6 is 0 Å². The van der Waals surface area contributed by atoms with E-state index in [2.05, 4.69) is 10.3 Å². The summed E-state index contributed by atoms with van der Waals surface area (Å²) in [6.45, 7) is 2.12. The summed E-state index contributed by atoms with van der Waals surface area (Å²) in [5.41, 5.74) is 0.801. The number of carbonyl (C=O) groups is 1. The highest BCUT2D eigenvalue weighted by Gasteiger charge is 2.04. The Morgan fingerprint density at radius 1 is 1.73 bits per heavy atom. The van der Waals surface area contributed by atoms with Crippen molar-refractivity contribution in [2.75, 3.05) is 18.5 Å². The maximum absolute atomic E-state index is 11.0. The Balaban J connectivity index is 2.58. The Kier molecular flexibility index (Phi) is 4.10. The van der Waals surface area contributed by atoms with Crippen molar-refractivity contribution < 1.29 is 9.53 Å². The van der Waals surface area contributed by atoms with Gasteiger partial charge in [-0.2, -0.15) is 5.26 Å². The lowest BCUT2D eigenvalue weighted by Gasteiger charge is -2.06. The van der Waals surface area contributed by atoms with Gasteiger partial charge in [0, 0.05) is 6.20 Å². The summed E-state index contributed by atoms with van der Waals surface area (Å²) in [5.74, 6) is -0.356. The molecule has 1 N–H and O–H groups in total. The molecule has 0 radical (unpaired) electrons. The average Bonchev–Trinajstić information content (AvgIpc) is 2.27. The van der Waals surface area contributed by atoms with E-state index < -0.39 is 0 Å². The van der Waals surface area contributed by atoms with Gasteiger partial charge in [-0.15, -0.1) is 0 Å². The first kappa shape index (κ1) is 11.0. The lowest BCUT2D eigenvalue weighted by molar-refractivity contribution is -0.140. The Bertz CT molecular complexity index is 384. The van der Waals surface area contributed by atoms with E-state index in [0.717, 1.165) is 0 Å². The van der Waals surface area contributed by atoms with E-state index in [0.29, 0.717) is 12.3 Å². The topological polar surface area (TPSA) is 75.0 Å². The van der Waals surface area contributed by atoms with Crippen LogP contribution in [0.4, 0.5) is 5.69 Å². The second-order valence-electron chi connectivity index (χ2n) is 2.67. The number of aromatic nitrogens is 1. The smallest absolute Gasteiger partial charge is 0.325 e. The van der Waals surface area contributed by atoms with Gasteiger partial charge < -0.3 is 10.1 Å². The second-order valence-corrected chi connectivity index (χ2v) is 2.67. The number of hydrogen-bond donors (Lipinski definition) is 1. The van der Waals surface area contributed by atoms with Crippen molar-refractivity contribution in [2.24, 2.45) is 0 Å². The standard InChI is InChI=1S/C10H11N3O2/c1-2-15-10(14)7-13-8-4-3-5-12-9(8)6-11/h3-5,13H,2,7H2,1H3. The molecule has 0 unspecified atom stereocenters. The molecule has 0 spiro atoms. The fourth-order valence-electron chi connectivity index (χ4n) is 1.02. The molecule has 0 aromatic carbocycles. The fourth-order valence-corrected chi connectivity index (χ4v) is 1.02. The molecule has 0 bridgehead atoms. The van der Waals surface area contributed by atoms with Gasteiger partial charge in [0.05, 0.1) is 12.3 Å². The quantitative estimate of drug-likeness (QED) is 0.740. The van der Waals surface area contributed by atoms with Gasteiger partial charge >= 0.3 is 5.97 Å². The van der Waals surface area contributed by atoms with E-state index in [1.807, 2.05) is 6.07 Å². The molecule has 0 saturated carbocycles. The van der Waals surface area contributed by atoms with Gasteiger partial charge in [0.15, 0.2) is 5.69 Å². The largest absolute Gasteiger partial charge is 0.465 e. The van der Waals surface area contributed by atoms with Crippen LogP contribution in [0.25, 0.3) is 0 Å². The van der Waals surface area contributed by atoms with Crippen LogP contribution in [0.5, 0.6) is 0 Å². The van der Waals surface area contributed by atoms with Crippen LogP contribution in [-0.2, 0) is 9.53 Å². The van der Waals surface area contributed by atoms with Gasteiger partial charge in [-0.3, -0.25) is 4.79 Å². The van der Waals surface area contributed by atoms with Crippen LogP contribution in [0, 0.1) is 11.3 Å². The monoisotopic (exact) mass is 205 g/mol. The average molecular weight is 205 g/mol. The summed E-state index contributed by atoms with van der Waals surface area (Å²) in [6, 6.07) is 5.30. The van der Waals surface area contributed by atoms with Gasteiger partial charge in [0.1, 0.15) is 12.6 Å². The first-order valence-corrected chi connectivity index (χ1v) is 4.52. The van der Waals surface area contributed by atoms with Crippen molar-refractivity contribution in [1.29, 1.82) is 5.26 Å². The Hall–Kier alpha value is -2.09. The van der Waals surface area contributed by atoms with Crippen LogP contribution in [0.3, 0.4) is 0 Å². The molecule has 0 aliphatic carbocycles. The summed E-state index contributed by atoms with van der Waals surface area (Å²) < 4.78 is 4.73. The molecule has 0 fully saturated rings. The minimum Gasteiger partial charge on any atom is -0.465 e. The summed E-state index contributed by atoms with van der Waals surface area (Å²) in [6.07, 6.45) is 1.52. The molecule has 78 valence electrons. The van der Waals surface area contributed by atoms with Crippen LogP contribution in [0.1, 0.15) is 12.6 Å². The molecular weight excluding hydrogens is 194 g/mol. The number of pyridine rings is 1. The highest BCUT2D eigenvalue weighted by Crippen LogP contribution is 2.09. The van der Waals surface area contributed by atoms with Crippen LogP contribution in [-0.4, -0.2) is 24.1 Å². The Morgan fingerprint density at radius 2 is 2.53 bits per heavy atom. The molecule has 5 nitrogen and oxygen atoms in total. The van der Waals surface area contributed by atoms with Gasteiger partial charge in [-0.05, 0) is 19.1 Å². The first-order valence-electron chi connectivity index (χ1n) is 4.52. The lowest BCUT2D eigenvalue weighted by atomic mass is 10.3. The summed E-state index contributed by atoms with van der Waals surface area (Å²) in [4.78, 5) is 14.9. The van der Waals surface area contributed by atoms with E-state index in [9.17, 15) is 4.79 Å². The molecule has 0 aliphatic heterocycles. The summed E-state index contributed by atoms with van der Waals surface area (Å²) in [7, 11) is 0. The molecule has 0 saturated heterocycles. The lowest BCUT2D eigenvalue weighted by Crippen LogP contribution is -2.17. The van der Waals surface area contributed by atoms with E-state index >= 15 is 0 Å². The molecule has 0 amide bonds. The molecule has 1 aromatic heterocycles.